The predicted octanol–water partition coefficient (Wildman–Crippen LogP) is 1.68. The van der Waals surface area contributed by atoms with Gasteiger partial charge in [-0.1, -0.05) is 19.9 Å². The zero-order valence-corrected chi connectivity index (χ0v) is 12.6. The van der Waals surface area contributed by atoms with E-state index in [9.17, 15) is 14.4 Å². The van der Waals surface area contributed by atoms with Crippen LogP contribution in [0.5, 0.6) is 0 Å². The highest BCUT2D eigenvalue weighted by molar-refractivity contribution is 5.98. The van der Waals surface area contributed by atoms with E-state index in [1.807, 2.05) is 0 Å². The second-order valence-electron chi connectivity index (χ2n) is 5.19. The third-order valence-corrected chi connectivity index (χ3v) is 3.34. The Hall–Kier alpha value is -2.37. The average Bonchev–Trinajstić information content (AvgIpc) is 2.44. The number of aliphatic carboxylic acids is 1. The van der Waals surface area contributed by atoms with Crippen molar-refractivity contribution in [3.05, 3.63) is 29.8 Å². The van der Waals surface area contributed by atoms with E-state index in [1.165, 1.54) is 11.8 Å². The van der Waals surface area contributed by atoms with E-state index in [1.54, 1.807) is 45.3 Å². The molecule has 0 heterocycles. The molecule has 1 rings (SSSR count). The molecule has 0 radical (unpaired) electrons. The van der Waals surface area contributed by atoms with Crippen LogP contribution in [0.15, 0.2) is 24.3 Å². The maximum absolute atomic E-state index is 12.0. The zero-order valence-electron chi connectivity index (χ0n) is 12.6. The number of hydrogen-bond acceptors (Lipinski definition) is 3. The van der Waals surface area contributed by atoms with Gasteiger partial charge in [0.1, 0.15) is 0 Å². The number of carboxylic acid groups (broad SMARTS) is 1. The SMILES string of the molecule is CC(C(=O)O)C(C)C(=O)Nc1cccc(C(=O)N(C)C)c1. The van der Waals surface area contributed by atoms with Gasteiger partial charge in [-0.2, -0.15) is 0 Å². The van der Waals surface area contributed by atoms with Gasteiger partial charge in [0.05, 0.1) is 5.92 Å². The quantitative estimate of drug-likeness (QED) is 0.864. The van der Waals surface area contributed by atoms with Crippen LogP contribution in [0.4, 0.5) is 5.69 Å². The van der Waals surface area contributed by atoms with Gasteiger partial charge < -0.3 is 15.3 Å². The van der Waals surface area contributed by atoms with Gasteiger partial charge in [0.25, 0.3) is 5.91 Å². The molecule has 2 N–H and O–H groups in total. The standard InChI is InChI=1S/C15H20N2O4/c1-9(10(2)15(20)21)13(18)16-12-7-5-6-11(8-12)14(19)17(3)4/h5-10H,1-4H3,(H,16,18)(H,20,21). The first-order valence-electron chi connectivity index (χ1n) is 6.59. The van der Waals surface area contributed by atoms with Gasteiger partial charge in [-0.3, -0.25) is 14.4 Å². The molecule has 0 aliphatic carbocycles. The number of benzene rings is 1. The average molecular weight is 292 g/mol. The zero-order chi connectivity index (χ0) is 16.2. The molecule has 2 atom stereocenters. The van der Waals surface area contributed by atoms with Gasteiger partial charge in [-0.05, 0) is 18.2 Å². The minimum Gasteiger partial charge on any atom is -0.481 e. The van der Waals surface area contributed by atoms with E-state index in [2.05, 4.69) is 5.32 Å². The summed E-state index contributed by atoms with van der Waals surface area (Å²) in [6.45, 7) is 3.04. The molecular formula is C15H20N2O4. The molecule has 6 nitrogen and oxygen atoms in total. The van der Waals surface area contributed by atoms with E-state index in [4.69, 9.17) is 5.11 Å². The Labute approximate surface area is 123 Å². The molecule has 2 amide bonds. The molecule has 2 unspecified atom stereocenters. The monoisotopic (exact) mass is 292 g/mol. The van der Waals surface area contributed by atoms with E-state index in [-0.39, 0.29) is 11.8 Å². The Morgan fingerprint density at radius 2 is 1.76 bits per heavy atom. The fourth-order valence-corrected chi connectivity index (χ4v) is 1.69. The van der Waals surface area contributed by atoms with Crippen LogP contribution in [0.3, 0.4) is 0 Å². The number of amides is 2. The van der Waals surface area contributed by atoms with E-state index >= 15 is 0 Å². The smallest absolute Gasteiger partial charge is 0.307 e. The van der Waals surface area contributed by atoms with Crippen LogP contribution < -0.4 is 5.32 Å². The van der Waals surface area contributed by atoms with Crippen molar-refractivity contribution in [3.63, 3.8) is 0 Å². The summed E-state index contributed by atoms with van der Waals surface area (Å²) in [5, 5.41) is 11.6. The van der Waals surface area contributed by atoms with E-state index < -0.39 is 17.8 Å². The summed E-state index contributed by atoms with van der Waals surface area (Å²) in [6, 6.07) is 6.54. The van der Waals surface area contributed by atoms with E-state index in [0.29, 0.717) is 11.3 Å². The van der Waals surface area contributed by atoms with Crippen molar-refractivity contribution < 1.29 is 19.5 Å². The third kappa shape index (κ3) is 4.30. The Morgan fingerprint density at radius 3 is 2.29 bits per heavy atom. The van der Waals surface area contributed by atoms with Crippen LogP contribution in [0.2, 0.25) is 0 Å². The lowest BCUT2D eigenvalue weighted by Crippen LogP contribution is -2.30. The molecule has 0 saturated heterocycles. The predicted molar refractivity (Wildman–Crippen MR) is 79.1 cm³/mol. The van der Waals surface area contributed by atoms with Crippen LogP contribution in [0.1, 0.15) is 24.2 Å². The highest BCUT2D eigenvalue weighted by Gasteiger charge is 2.25. The van der Waals surface area contributed by atoms with Gasteiger partial charge in [0.2, 0.25) is 5.91 Å². The summed E-state index contributed by atoms with van der Waals surface area (Å²) in [4.78, 5) is 36.2. The summed E-state index contributed by atoms with van der Waals surface area (Å²) >= 11 is 0. The minimum atomic E-state index is -1.02. The number of hydrogen-bond donors (Lipinski definition) is 2. The summed E-state index contributed by atoms with van der Waals surface area (Å²) < 4.78 is 0. The van der Waals surface area contributed by atoms with Gasteiger partial charge in [-0.25, -0.2) is 0 Å². The normalized spacial score (nSPS) is 13.1. The first kappa shape index (κ1) is 16.7. The van der Waals surface area contributed by atoms with Gasteiger partial charge in [0.15, 0.2) is 0 Å². The van der Waals surface area contributed by atoms with Crippen LogP contribution in [-0.4, -0.2) is 41.9 Å². The van der Waals surface area contributed by atoms with Crippen molar-refractivity contribution in [1.82, 2.24) is 4.90 Å². The molecule has 0 bridgehead atoms. The van der Waals surface area contributed by atoms with Crippen molar-refractivity contribution in [2.24, 2.45) is 11.8 Å². The first-order valence-corrected chi connectivity index (χ1v) is 6.59. The van der Waals surface area contributed by atoms with Gasteiger partial charge >= 0.3 is 5.97 Å². The van der Waals surface area contributed by atoms with Crippen LogP contribution in [0.25, 0.3) is 0 Å². The molecule has 0 saturated carbocycles. The number of nitrogens with one attached hydrogen (secondary N) is 1. The lowest BCUT2D eigenvalue weighted by Gasteiger charge is -2.16. The summed E-state index contributed by atoms with van der Waals surface area (Å²) in [7, 11) is 3.29. The fraction of sp³-hybridized carbons (Fsp3) is 0.400. The molecular weight excluding hydrogens is 272 g/mol. The molecule has 0 spiro atoms. The summed E-state index contributed by atoms with van der Waals surface area (Å²) in [5.74, 6) is -3.03. The number of anilines is 1. The first-order chi connectivity index (χ1) is 9.73. The molecule has 0 aliphatic heterocycles. The molecule has 0 aromatic heterocycles. The van der Waals surface area contributed by atoms with Crippen molar-refractivity contribution in [2.45, 2.75) is 13.8 Å². The third-order valence-electron chi connectivity index (χ3n) is 3.34. The molecule has 0 fully saturated rings. The van der Waals surface area contributed by atoms with Crippen molar-refractivity contribution in [3.8, 4) is 0 Å². The number of rotatable bonds is 5. The van der Waals surface area contributed by atoms with Crippen molar-refractivity contribution in [1.29, 1.82) is 0 Å². The second kappa shape index (κ2) is 6.88. The lowest BCUT2D eigenvalue weighted by atomic mass is 9.95. The lowest BCUT2D eigenvalue weighted by molar-refractivity contribution is -0.145. The van der Waals surface area contributed by atoms with Crippen molar-refractivity contribution in [2.75, 3.05) is 19.4 Å². The second-order valence-corrected chi connectivity index (χ2v) is 5.19. The number of carbonyl (C=O) groups excluding carboxylic acids is 2. The summed E-state index contributed by atoms with van der Waals surface area (Å²) in [6.07, 6.45) is 0. The largest absolute Gasteiger partial charge is 0.481 e. The molecule has 114 valence electrons. The Balaban J connectivity index is 2.84. The molecule has 1 aromatic carbocycles. The number of carbonyl (C=O) groups is 3. The van der Waals surface area contributed by atoms with Crippen LogP contribution in [-0.2, 0) is 9.59 Å². The maximum Gasteiger partial charge on any atom is 0.307 e. The van der Waals surface area contributed by atoms with E-state index in [0.717, 1.165) is 0 Å². The highest BCUT2D eigenvalue weighted by atomic mass is 16.4. The Bertz CT molecular complexity index is 554. The Morgan fingerprint density at radius 1 is 1.14 bits per heavy atom. The van der Waals surface area contributed by atoms with Crippen LogP contribution in [0, 0.1) is 11.8 Å². The molecule has 0 aliphatic rings. The number of carboxylic acids is 1. The molecule has 6 heteroatoms. The number of nitrogens with zero attached hydrogens (tertiary/aromatic N) is 1. The molecule has 1 aromatic rings. The summed E-state index contributed by atoms with van der Waals surface area (Å²) in [5.41, 5.74) is 0.925. The van der Waals surface area contributed by atoms with Crippen LogP contribution >= 0.6 is 0 Å². The minimum absolute atomic E-state index is 0.168. The maximum atomic E-state index is 12.0. The van der Waals surface area contributed by atoms with Gasteiger partial charge in [0, 0.05) is 31.3 Å². The molecule has 21 heavy (non-hydrogen) atoms. The van der Waals surface area contributed by atoms with Crippen molar-refractivity contribution >= 4 is 23.5 Å². The highest BCUT2D eigenvalue weighted by Crippen LogP contribution is 2.16. The topological polar surface area (TPSA) is 86.7 Å². The fourth-order valence-electron chi connectivity index (χ4n) is 1.69. The van der Waals surface area contributed by atoms with Gasteiger partial charge in [-0.15, -0.1) is 0 Å². The Kier molecular flexibility index (Phi) is 5.46.